The summed E-state index contributed by atoms with van der Waals surface area (Å²) in [5.41, 5.74) is -0.554. The second-order valence-electron chi connectivity index (χ2n) is 4.33. The van der Waals surface area contributed by atoms with Crippen LogP contribution in [0.15, 0.2) is 0 Å². The van der Waals surface area contributed by atoms with E-state index in [1.807, 2.05) is 41.2 Å². The molecule has 0 amide bonds. The van der Waals surface area contributed by atoms with E-state index in [2.05, 4.69) is 34.6 Å². The first-order valence-corrected chi connectivity index (χ1v) is 14.5. The average molecular weight is 375 g/mol. The first kappa shape index (κ1) is 19.5. The Labute approximate surface area is 139 Å². The van der Waals surface area contributed by atoms with Gasteiger partial charge in [-0.2, -0.15) is 0 Å². The van der Waals surface area contributed by atoms with Gasteiger partial charge in [0.2, 0.25) is 5.41 Å². The molecular weight excluding hydrogens is 348 g/mol. The van der Waals surface area contributed by atoms with Crippen molar-refractivity contribution in [2.75, 3.05) is 19.8 Å². The van der Waals surface area contributed by atoms with Gasteiger partial charge in [-0.25, -0.2) is 0 Å². The Bertz CT molecular complexity index is 267. The van der Waals surface area contributed by atoms with Gasteiger partial charge in [0, 0.05) is 19.8 Å². The Hall–Kier alpha value is 1.50. The number of rotatable bonds is 10. The lowest BCUT2D eigenvalue weighted by atomic mass is 10.6. The molecule has 0 aliphatic carbocycles. The molecule has 20 heavy (non-hydrogen) atoms. The van der Waals surface area contributed by atoms with Crippen LogP contribution < -0.4 is 0 Å². The Morgan fingerprint density at radius 3 is 1.70 bits per heavy atom. The minimum atomic E-state index is -2.14. The quantitative estimate of drug-likeness (QED) is 0.290. The van der Waals surface area contributed by atoms with Gasteiger partial charge in [0.05, 0.1) is 0 Å². The van der Waals surface area contributed by atoms with Gasteiger partial charge in [-0.1, -0.05) is 35.4 Å². The summed E-state index contributed by atoms with van der Waals surface area (Å²) in [7, 11) is 5.21. The zero-order valence-electron chi connectivity index (χ0n) is 13.0. The van der Waals surface area contributed by atoms with Crippen LogP contribution in [0.25, 0.3) is 0 Å². The van der Waals surface area contributed by atoms with E-state index in [4.69, 9.17) is 13.9 Å². The molecular formula is C12H26O3S4Si. The topological polar surface area (TPSA) is 27.7 Å². The minimum Gasteiger partial charge on any atom is -0.411 e. The largest absolute Gasteiger partial charge is 0.411 e. The standard InChI is InChI=1S/C12H26O3S4Si/c1-6-13-12(14-7-2,11-16-18-19-17-11)20(9-4,10-5)15-8-3/h11H,6-10H2,1-5H3. The van der Waals surface area contributed by atoms with Gasteiger partial charge in [0.15, 0.2) is 0 Å². The summed E-state index contributed by atoms with van der Waals surface area (Å²) in [6.07, 6.45) is 0. The highest BCUT2D eigenvalue weighted by Crippen LogP contribution is 2.64. The van der Waals surface area contributed by atoms with Crippen LogP contribution in [0, 0.1) is 0 Å². The molecule has 8 heteroatoms. The molecule has 0 aromatic rings. The molecule has 0 bridgehead atoms. The van der Waals surface area contributed by atoms with Crippen molar-refractivity contribution >= 4 is 49.6 Å². The molecule has 0 N–H and O–H groups in total. The van der Waals surface area contributed by atoms with Gasteiger partial charge in [-0.3, -0.25) is 0 Å². The zero-order valence-corrected chi connectivity index (χ0v) is 17.2. The van der Waals surface area contributed by atoms with E-state index in [-0.39, 0.29) is 4.58 Å². The van der Waals surface area contributed by atoms with Crippen LogP contribution in [0.5, 0.6) is 0 Å². The van der Waals surface area contributed by atoms with Crippen LogP contribution in [0.1, 0.15) is 34.6 Å². The average Bonchev–Trinajstić information content (AvgIpc) is 2.99. The van der Waals surface area contributed by atoms with Gasteiger partial charge in [0.1, 0.15) is 4.58 Å². The van der Waals surface area contributed by atoms with E-state index in [1.54, 1.807) is 0 Å². The second-order valence-corrected chi connectivity index (χ2v) is 15.0. The fourth-order valence-corrected chi connectivity index (χ4v) is 17.4. The van der Waals surface area contributed by atoms with Gasteiger partial charge in [0.25, 0.3) is 8.32 Å². The first-order chi connectivity index (χ1) is 9.66. The molecule has 0 atom stereocenters. The van der Waals surface area contributed by atoms with Gasteiger partial charge < -0.3 is 13.9 Å². The van der Waals surface area contributed by atoms with Crippen molar-refractivity contribution in [1.29, 1.82) is 0 Å². The van der Waals surface area contributed by atoms with Crippen LogP contribution in [0.3, 0.4) is 0 Å². The fraction of sp³-hybridized carbons (Fsp3) is 1.00. The molecule has 1 rings (SSSR count). The normalized spacial score (nSPS) is 17.9. The fourth-order valence-electron chi connectivity index (χ4n) is 2.65. The van der Waals surface area contributed by atoms with Crippen LogP contribution in [-0.2, 0) is 13.9 Å². The smallest absolute Gasteiger partial charge is 0.259 e. The van der Waals surface area contributed by atoms with Crippen molar-refractivity contribution in [2.45, 2.75) is 56.7 Å². The molecule has 3 nitrogen and oxygen atoms in total. The van der Waals surface area contributed by atoms with Gasteiger partial charge in [-0.15, -0.1) is 0 Å². The Morgan fingerprint density at radius 1 is 0.850 bits per heavy atom. The zero-order chi connectivity index (χ0) is 15.1. The summed E-state index contributed by atoms with van der Waals surface area (Å²) < 4.78 is 19.2. The van der Waals surface area contributed by atoms with Crippen LogP contribution in [0.4, 0.5) is 0 Å². The lowest BCUT2D eigenvalue weighted by Crippen LogP contribution is -2.67. The van der Waals surface area contributed by atoms with Crippen molar-refractivity contribution < 1.29 is 13.9 Å². The first-order valence-electron chi connectivity index (χ1n) is 7.23. The molecule has 0 unspecified atom stereocenters. The maximum atomic E-state index is 6.35. The summed E-state index contributed by atoms with van der Waals surface area (Å²) in [4.78, 5) is 0. The minimum absolute atomic E-state index is 0.274. The summed E-state index contributed by atoms with van der Waals surface area (Å²) in [6, 6.07) is 2.04. The van der Waals surface area contributed by atoms with Crippen molar-refractivity contribution in [3.05, 3.63) is 0 Å². The summed E-state index contributed by atoms with van der Waals surface area (Å²) >= 11 is 0. The van der Waals surface area contributed by atoms with Gasteiger partial charge >= 0.3 is 0 Å². The molecule has 0 saturated carbocycles. The molecule has 1 heterocycles. The highest BCUT2D eigenvalue weighted by molar-refractivity contribution is 9.31. The Morgan fingerprint density at radius 2 is 1.35 bits per heavy atom. The van der Waals surface area contributed by atoms with Crippen molar-refractivity contribution in [3.63, 3.8) is 0 Å². The van der Waals surface area contributed by atoms with E-state index >= 15 is 0 Å². The van der Waals surface area contributed by atoms with Crippen LogP contribution >= 0.6 is 41.2 Å². The molecule has 0 aromatic carbocycles. The predicted octanol–water partition coefficient (Wildman–Crippen LogP) is 5.33. The van der Waals surface area contributed by atoms with E-state index in [0.29, 0.717) is 13.2 Å². The molecule has 0 radical (unpaired) electrons. The lowest BCUT2D eigenvalue weighted by molar-refractivity contribution is -0.180. The van der Waals surface area contributed by atoms with Crippen LogP contribution in [-0.4, -0.2) is 38.1 Å². The highest BCUT2D eigenvalue weighted by Gasteiger charge is 2.61. The summed E-state index contributed by atoms with van der Waals surface area (Å²) in [5.74, 6) is 0. The van der Waals surface area contributed by atoms with E-state index in [0.717, 1.165) is 18.7 Å². The van der Waals surface area contributed by atoms with E-state index < -0.39 is 13.7 Å². The van der Waals surface area contributed by atoms with Crippen LogP contribution in [0.2, 0.25) is 12.1 Å². The maximum Gasteiger partial charge on any atom is 0.259 e. The van der Waals surface area contributed by atoms with Crippen molar-refractivity contribution in [3.8, 4) is 0 Å². The monoisotopic (exact) mass is 374 g/mol. The third-order valence-electron chi connectivity index (χ3n) is 3.51. The molecule has 0 spiro atoms. The van der Waals surface area contributed by atoms with Crippen molar-refractivity contribution in [1.82, 2.24) is 0 Å². The summed E-state index contributed by atoms with van der Waals surface area (Å²) in [6.45, 7) is 12.7. The second kappa shape index (κ2) is 9.59. The third-order valence-corrected chi connectivity index (χ3v) is 16.6. The predicted molar refractivity (Wildman–Crippen MR) is 98.5 cm³/mol. The molecule has 1 saturated heterocycles. The number of hydrogen-bond donors (Lipinski definition) is 0. The molecule has 1 aliphatic rings. The SMILES string of the molecule is CCOC(OCC)(C1SSSS1)[Si](CC)(CC)OCC. The lowest BCUT2D eigenvalue weighted by Gasteiger charge is -2.48. The molecule has 1 aliphatic heterocycles. The van der Waals surface area contributed by atoms with E-state index in [1.165, 1.54) is 0 Å². The number of hydrogen-bond acceptors (Lipinski definition) is 7. The van der Waals surface area contributed by atoms with Gasteiger partial charge in [-0.05, 0) is 52.5 Å². The van der Waals surface area contributed by atoms with E-state index in [9.17, 15) is 0 Å². The van der Waals surface area contributed by atoms with Crippen molar-refractivity contribution in [2.24, 2.45) is 0 Å². The highest BCUT2D eigenvalue weighted by atomic mass is 33.7. The molecule has 0 aromatic heterocycles. The molecule has 120 valence electrons. The third kappa shape index (κ3) is 3.87. The summed E-state index contributed by atoms with van der Waals surface area (Å²) in [5, 5.41) is 0. The maximum absolute atomic E-state index is 6.35. The Balaban J connectivity index is 3.21. The Kier molecular flexibility index (Phi) is 9.38. The number of ether oxygens (including phenoxy) is 2. The molecule has 1 fully saturated rings.